The molecular formula is C10H17Cl2IO. The molecule has 1 nitrogen and oxygen atoms in total. The van der Waals surface area contributed by atoms with Crippen LogP contribution in [0.3, 0.4) is 0 Å². The van der Waals surface area contributed by atoms with Crippen LogP contribution in [0.2, 0.25) is 0 Å². The third-order valence-electron chi connectivity index (χ3n) is 2.70. The molecule has 14 heavy (non-hydrogen) atoms. The molecule has 0 bridgehead atoms. The van der Waals surface area contributed by atoms with Crippen LogP contribution in [0.15, 0.2) is 0 Å². The molecule has 0 aromatic carbocycles. The second kappa shape index (κ2) is 6.77. The van der Waals surface area contributed by atoms with Crippen molar-refractivity contribution < 1.29 is 4.74 Å². The van der Waals surface area contributed by atoms with Gasteiger partial charge in [0.25, 0.3) is 0 Å². The van der Waals surface area contributed by atoms with Crippen LogP contribution in [0.4, 0.5) is 0 Å². The quantitative estimate of drug-likeness (QED) is 0.502. The summed E-state index contributed by atoms with van der Waals surface area (Å²) in [5.74, 6) is 2.72. The van der Waals surface area contributed by atoms with Gasteiger partial charge in [0.15, 0.2) is 0 Å². The second-order valence-corrected chi connectivity index (χ2v) is 6.23. The molecule has 0 aromatic heterocycles. The van der Waals surface area contributed by atoms with Gasteiger partial charge in [-0.25, -0.2) is 0 Å². The number of rotatable bonds is 7. The van der Waals surface area contributed by atoms with Gasteiger partial charge in [0, 0.05) is 18.4 Å². The lowest BCUT2D eigenvalue weighted by Gasteiger charge is -2.21. The molecule has 0 radical (unpaired) electrons. The van der Waals surface area contributed by atoms with Crippen LogP contribution < -0.4 is 0 Å². The van der Waals surface area contributed by atoms with E-state index in [0.717, 1.165) is 12.5 Å². The first kappa shape index (κ1) is 13.3. The van der Waals surface area contributed by atoms with Crippen molar-refractivity contribution in [2.45, 2.75) is 29.8 Å². The molecular weight excluding hydrogens is 334 g/mol. The highest BCUT2D eigenvalue weighted by molar-refractivity contribution is 14.1. The van der Waals surface area contributed by atoms with Crippen LogP contribution in [0.25, 0.3) is 0 Å². The van der Waals surface area contributed by atoms with E-state index in [9.17, 15) is 0 Å². The first-order valence-corrected chi connectivity index (χ1v) is 7.38. The molecule has 3 unspecified atom stereocenters. The van der Waals surface area contributed by atoms with Crippen molar-refractivity contribution in [3.8, 4) is 0 Å². The summed E-state index contributed by atoms with van der Waals surface area (Å²) < 4.78 is 6.10. The van der Waals surface area contributed by atoms with Gasteiger partial charge in [-0.15, -0.1) is 23.2 Å². The highest BCUT2D eigenvalue weighted by Gasteiger charge is 2.29. The minimum atomic E-state index is 0.107. The zero-order valence-electron chi connectivity index (χ0n) is 8.39. The van der Waals surface area contributed by atoms with E-state index >= 15 is 0 Å². The van der Waals surface area contributed by atoms with Crippen molar-refractivity contribution in [3.05, 3.63) is 0 Å². The fourth-order valence-electron chi connectivity index (χ4n) is 1.42. The minimum absolute atomic E-state index is 0.107. The molecule has 3 atom stereocenters. The third-order valence-corrected chi connectivity index (χ3v) is 5.10. The van der Waals surface area contributed by atoms with E-state index in [1.165, 1.54) is 12.8 Å². The summed E-state index contributed by atoms with van der Waals surface area (Å²) in [5, 5.41) is 0. The van der Waals surface area contributed by atoms with Crippen molar-refractivity contribution in [1.29, 1.82) is 0 Å². The lowest BCUT2D eigenvalue weighted by molar-refractivity contribution is 0.0453. The molecule has 0 saturated heterocycles. The summed E-state index contributed by atoms with van der Waals surface area (Å²) in [4.78, 5) is 0. The number of alkyl halides is 3. The average Bonchev–Trinajstić information content (AvgIpc) is 3.01. The molecule has 1 rings (SSSR count). The maximum absolute atomic E-state index is 5.83. The Morgan fingerprint density at radius 3 is 2.43 bits per heavy atom. The van der Waals surface area contributed by atoms with Crippen LogP contribution in [0.5, 0.6) is 0 Å². The Bertz CT molecular complexity index is 164. The normalized spacial score (nSPS) is 23.1. The summed E-state index contributed by atoms with van der Waals surface area (Å²) in [6, 6.07) is 0. The molecule has 0 heterocycles. The van der Waals surface area contributed by atoms with Crippen molar-refractivity contribution >= 4 is 45.8 Å². The van der Waals surface area contributed by atoms with E-state index in [0.29, 0.717) is 21.6 Å². The van der Waals surface area contributed by atoms with Crippen molar-refractivity contribution in [2.75, 3.05) is 18.4 Å². The standard InChI is InChI=1S/C10H17Cl2IO/c1-7(8-2-3-8)6-14-10(5-12)9(13)4-11/h7-10H,2-6H2,1H3. The van der Waals surface area contributed by atoms with Gasteiger partial charge in [-0.05, 0) is 24.7 Å². The van der Waals surface area contributed by atoms with E-state index < -0.39 is 0 Å². The number of hydrogen-bond acceptors (Lipinski definition) is 1. The molecule has 0 N–H and O–H groups in total. The molecule has 0 aliphatic heterocycles. The summed E-state index contributed by atoms with van der Waals surface area (Å²) in [6.07, 6.45) is 2.86. The molecule has 0 amide bonds. The van der Waals surface area contributed by atoms with E-state index in [-0.39, 0.29) is 6.10 Å². The van der Waals surface area contributed by atoms with Crippen LogP contribution in [0, 0.1) is 11.8 Å². The Hall–Kier alpha value is 1.27. The topological polar surface area (TPSA) is 9.23 Å². The zero-order chi connectivity index (χ0) is 10.6. The number of hydrogen-bond donors (Lipinski definition) is 0. The molecule has 84 valence electrons. The fraction of sp³-hybridized carbons (Fsp3) is 1.00. The Labute approximate surface area is 110 Å². The smallest absolute Gasteiger partial charge is 0.0839 e. The maximum Gasteiger partial charge on any atom is 0.0839 e. The van der Waals surface area contributed by atoms with Gasteiger partial charge in [0.2, 0.25) is 0 Å². The van der Waals surface area contributed by atoms with E-state index in [1.807, 2.05) is 0 Å². The lowest BCUT2D eigenvalue weighted by atomic mass is 10.1. The van der Waals surface area contributed by atoms with Crippen LogP contribution in [-0.4, -0.2) is 28.4 Å². The summed E-state index contributed by atoms with van der Waals surface area (Å²) >= 11 is 13.9. The molecule has 1 saturated carbocycles. The Morgan fingerprint density at radius 2 is 2.00 bits per heavy atom. The summed E-state index contributed by atoms with van der Waals surface area (Å²) in [6.45, 7) is 3.09. The first-order valence-electron chi connectivity index (χ1n) is 5.06. The number of halogens is 3. The van der Waals surface area contributed by atoms with Gasteiger partial charge >= 0.3 is 0 Å². The lowest BCUT2D eigenvalue weighted by Crippen LogP contribution is -2.29. The summed E-state index contributed by atoms with van der Waals surface area (Å²) in [7, 11) is 0. The van der Waals surface area contributed by atoms with Crippen molar-refractivity contribution in [3.63, 3.8) is 0 Å². The Balaban J connectivity index is 2.18. The second-order valence-electron chi connectivity index (χ2n) is 4.01. The SMILES string of the molecule is CC(COC(CCl)C(I)CCl)C1CC1. The van der Waals surface area contributed by atoms with E-state index in [1.54, 1.807) is 0 Å². The molecule has 0 aromatic rings. The van der Waals surface area contributed by atoms with Gasteiger partial charge < -0.3 is 4.74 Å². The van der Waals surface area contributed by atoms with Gasteiger partial charge in [0.05, 0.1) is 10.0 Å². The summed E-state index contributed by atoms with van der Waals surface area (Å²) in [5.41, 5.74) is 0. The molecule has 1 fully saturated rings. The van der Waals surface area contributed by atoms with Crippen molar-refractivity contribution in [1.82, 2.24) is 0 Å². The Kier molecular flexibility index (Phi) is 6.45. The predicted octanol–water partition coefficient (Wildman–Crippen LogP) is 3.70. The van der Waals surface area contributed by atoms with Gasteiger partial charge in [-0.3, -0.25) is 0 Å². The highest BCUT2D eigenvalue weighted by Crippen LogP contribution is 2.36. The highest BCUT2D eigenvalue weighted by atomic mass is 127. The van der Waals surface area contributed by atoms with Gasteiger partial charge in [-0.2, -0.15) is 0 Å². The first-order chi connectivity index (χ1) is 6.69. The molecule has 1 aliphatic carbocycles. The van der Waals surface area contributed by atoms with Crippen LogP contribution in [-0.2, 0) is 4.74 Å². The van der Waals surface area contributed by atoms with Crippen LogP contribution >= 0.6 is 45.8 Å². The largest absolute Gasteiger partial charge is 0.376 e. The van der Waals surface area contributed by atoms with Crippen LogP contribution in [0.1, 0.15) is 19.8 Å². The fourth-order valence-corrected chi connectivity index (χ4v) is 2.69. The van der Waals surface area contributed by atoms with Crippen molar-refractivity contribution in [2.24, 2.45) is 11.8 Å². The third kappa shape index (κ3) is 4.42. The average molecular weight is 351 g/mol. The number of ether oxygens (including phenoxy) is 1. The van der Waals surface area contributed by atoms with E-state index in [2.05, 4.69) is 29.5 Å². The monoisotopic (exact) mass is 350 g/mol. The molecule has 1 aliphatic rings. The maximum atomic E-state index is 5.83. The van der Waals surface area contributed by atoms with E-state index in [4.69, 9.17) is 27.9 Å². The Morgan fingerprint density at radius 1 is 1.36 bits per heavy atom. The van der Waals surface area contributed by atoms with Gasteiger partial charge in [0.1, 0.15) is 0 Å². The zero-order valence-corrected chi connectivity index (χ0v) is 12.1. The minimum Gasteiger partial charge on any atom is -0.376 e. The molecule has 4 heteroatoms. The molecule has 0 spiro atoms. The van der Waals surface area contributed by atoms with Gasteiger partial charge in [-0.1, -0.05) is 29.5 Å². The predicted molar refractivity (Wildman–Crippen MR) is 70.9 cm³/mol.